The van der Waals surface area contributed by atoms with Crippen LogP contribution in [0, 0.1) is 5.92 Å². The van der Waals surface area contributed by atoms with E-state index in [-0.39, 0.29) is 35.9 Å². The molecule has 40 heavy (non-hydrogen) atoms. The smallest absolute Gasteiger partial charge is 0.408 e. The number of carboxylic acid groups (broad SMARTS) is 1. The van der Waals surface area contributed by atoms with Crippen LogP contribution in [0.25, 0.3) is 0 Å². The Hall–Kier alpha value is -2.40. The fraction of sp³-hybridized carbons (Fsp3) is 0.793. The van der Waals surface area contributed by atoms with Crippen LogP contribution in [0.2, 0.25) is 18.1 Å². The number of carbonyl (C=O) groups is 4. The maximum atomic E-state index is 14.0. The number of allylic oxidation sites excluding steroid dienone is 1. The summed E-state index contributed by atoms with van der Waals surface area (Å²) in [7, 11) is -2.23. The van der Waals surface area contributed by atoms with Crippen molar-refractivity contribution in [1.29, 1.82) is 0 Å². The van der Waals surface area contributed by atoms with Gasteiger partial charge in [0.25, 0.3) is 0 Å². The monoisotopic (exact) mass is 579 g/mol. The van der Waals surface area contributed by atoms with Crippen molar-refractivity contribution in [3.63, 3.8) is 0 Å². The SMILES string of the molecule is CC(C)(C)OC(=O)NC1CCCCC/C=C/C2CC2(C(=O)O)NC(=O)C2CC(O[Si](C)(C)C(C)(C)C)CN2C1=O. The largest absolute Gasteiger partial charge is 0.479 e. The summed E-state index contributed by atoms with van der Waals surface area (Å²) < 4.78 is 12.1. The molecular formula is C29H49N3O7Si. The summed E-state index contributed by atoms with van der Waals surface area (Å²) >= 11 is 0. The molecule has 3 N–H and O–H groups in total. The molecule has 0 aromatic carbocycles. The summed E-state index contributed by atoms with van der Waals surface area (Å²) in [5.74, 6) is -2.24. The second-order valence-electron chi connectivity index (χ2n) is 14.1. The number of ether oxygens (including phenoxy) is 1. The number of rotatable bonds is 4. The molecule has 3 aliphatic rings. The highest BCUT2D eigenvalue weighted by Crippen LogP contribution is 2.45. The van der Waals surface area contributed by atoms with Crippen molar-refractivity contribution < 1.29 is 33.4 Å². The number of alkyl carbamates (subject to hydrolysis) is 1. The normalized spacial score (nSPS) is 31.1. The molecule has 0 aromatic heterocycles. The first-order chi connectivity index (χ1) is 18.4. The maximum Gasteiger partial charge on any atom is 0.408 e. The molecular weight excluding hydrogens is 530 g/mol. The number of hydrogen-bond acceptors (Lipinski definition) is 6. The van der Waals surface area contributed by atoms with Gasteiger partial charge in [-0.2, -0.15) is 0 Å². The molecule has 2 heterocycles. The van der Waals surface area contributed by atoms with Gasteiger partial charge in [-0.3, -0.25) is 9.59 Å². The zero-order valence-corrected chi connectivity index (χ0v) is 26.5. The quantitative estimate of drug-likeness (QED) is 0.333. The Kier molecular flexibility index (Phi) is 9.50. The topological polar surface area (TPSA) is 134 Å². The summed E-state index contributed by atoms with van der Waals surface area (Å²) in [6, 6.07) is -1.78. The number of aliphatic carboxylic acids is 1. The van der Waals surface area contributed by atoms with Crippen LogP contribution in [0.5, 0.6) is 0 Å². The predicted molar refractivity (Wildman–Crippen MR) is 154 cm³/mol. The minimum atomic E-state index is -2.23. The average molecular weight is 580 g/mol. The van der Waals surface area contributed by atoms with Crippen molar-refractivity contribution >= 4 is 32.2 Å². The molecule has 1 aliphatic carbocycles. The molecule has 0 spiro atoms. The lowest BCUT2D eigenvalue weighted by molar-refractivity contribution is -0.145. The number of fused-ring (bicyclic) bond motifs is 2. The number of carbonyl (C=O) groups excluding carboxylic acids is 3. The van der Waals surface area contributed by atoms with Gasteiger partial charge in [0.15, 0.2) is 8.32 Å². The average Bonchev–Trinajstić information content (AvgIpc) is 3.33. The summed E-state index contributed by atoms with van der Waals surface area (Å²) in [5, 5.41) is 15.5. The molecule has 11 heteroatoms. The molecule has 10 nitrogen and oxygen atoms in total. The standard InChI is InChI=1S/C29H49N3O7Si/c1-27(2,3)38-26(37)30-21-15-13-11-9-10-12-14-19-17-29(19,25(35)36)31-23(33)22-16-20(18-32(22)24(21)34)39-40(7,8)28(4,5)6/h12,14,19-22H,9-11,13,15-18H2,1-8H3,(H,30,37)(H,31,33)(H,35,36)/b14-12+. The number of amides is 3. The lowest BCUT2D eigenvalue weighted by Gasteiger charge is -2.38. The minimum Gasteiger partial charge on any atom is -0.479 e. The molecule has 0 radical (unpaired) electrons. The third-order valence-electron chi connectivity index (χ3n) is 8.58. The van der Waals surface area contributed by atoms with E-state index in [1.807, 2.05) is 12.2 Å². The van der Waals surface area contributed by atoms with Crippen molar-refractivity contribution in [3.8, 4) is 0 Å². The van der Waals surface area contributed by atoms with E-state index in [1.54, 1.807) is 20.8 Å². The Balaban J connectivity index is 1.93. The van der Waals surface area contributed by atoms with Gasteiger partial charge in [0, 0.05) is 18.9 Å². The van der Waals surface area contributed by atoms with Gasteiger partial charge in [-0.05, 0) is 64.6 Å². The molecule has 0 bridgehead atoms. The van der Waals surface area contributed by atoms with Crippen LogP contribution < -0.4 is 10.6 Å². The van der Waals surface area contributed by atoms with Crippen molar-refractivity contribution in [2.24, 2.45) is 5.92 Å². The van der Waals surface area contributed by atoms with E-state index in [9.17, 15) is 24.3 Å². The van der Waals surface area contributed by atoms with E-state index in [1.165, 1.54) is 4.90 Å². The van der Waals surface area contributed by atoms with Crippen molar-refractivity contribution in [2.75, 3.05) is 6.54 Å². The molecule has 5 atom stereocenters. The second kappa shape index (κ2) is 11.8. The highest BCUT2D eigenvalue weighted by atomic mass is 28.4. The molecule has 3 rings (SSSR count). The van der Waals surface area contributed by atoms with Crippen LogP contribution in [0.1, 0.15) is 86.5 Å². The van der Waals surface area contributed by atoms with Gasteiger partial charge in [0.05, 0.1) is 6.10 Å². The van der Waals surface area contributed by atoms with Crippen LogP contribution in [-0.2, 0) is 23.5 Å². The third kappa shape index (κ3) is 7.66. The van der Waals surface area contributed by atoms with Crippen molar-refractivity contribution in [2.45, 2.75) is 134 Å². The van der Waals surface area contributed by atoms with Gasteiger partial charge in [0.1, 0.15) is 23.2 Å². The third-order valence-corrected chi connectivity index (χ3v) is 13.1. The number of hydrogen-bond donors (Lipinski definition) is 3. The molecule has 2 fully saturated rings. The molecule has 2 aliphatic heterocycles. The molecule has 226 valence electrons. The highest BCUT2D eigenvalue weighted by molar-refractivity contribution is 6.74. The van der Waals surface area contributed by atoms with E-state index in [4.69, 9.17) is 9.16 Å². The van der Waals surface area contributed by atoms with Gasteiger partial charge in [-0.15, -0.1) is 0 Å². The van der Waals surface area contributed by atoms with Crippen molar-refractivity contribution in [3.05, 3.63) is 12.2 Å². The molecule has 0 aromatic rings. The Morgan fingerprint density at radius 1 is 1.12 bits per heavy atom. The zero-order chi connectivity index (χ0) is 30.1. The van der Waals surface area contributed by atoms with Crippen LogP contribution in [0.4, 0.5) is 4.79 Å². The van der Waals surface area contributed by atoms with Crippen LogP contribution >= 0.6 is 0 Å². The van der Waals surface area contributed by atoms with E-state index in [0.717, 1.165) is 19.3 Å². The first kappa shape index (κ1) is 32.1. The Bertz CT molecular complexity index is 1020. The van der Waals surface area contributed by atoms with Gasteiger partial charge < -0.3 is 29.8 Å². The molecule has 1 saturated carbocycles. The van der Waals surface area contributed by atoms with Gasteiger partial charge in [-0.25, -0.2) is 9.59 Å². The van der Waals surface area contributed by atoms with Crippen LogP contribution in [0.3, 0.4) is 0 Å². The number of carboxylic acids is 1. The molecule has 1 saturated heterocycles. The van der Waals surface area contributed by atoms with E-state index in [0.29, 0.717) is 19.3 Å². The van der Waals surface area contributed by atoms with Crippen LogP contribution in [0.15, 0.2) is 12.2 Å². The first-order valence-electron chi connectivity index (χ1n) is 14.6. The van der Waals surface area contributed by atoms with E-state index in [2.05, 4.69) is 44.5 Å². The van der Waals surface area contributed by atoms with Crippen molar-refractivity contribution in [1.82, 2.24) is 15.5 Å². The first-order valence-corrected chi connectivity index (χ1v) is 17.5. The lowest BCUT2D eigenvalue weighted by Crippen LogP contribution is -2.56. The van der Waals surface area contributed by atoms with Crippen LogP contribution in [-0.4, -0.2) is 78.1 Å². The fourth-order valence-corrected chi connectivity index (χ4v) is 6.55. The maximum absolute atomic E-state index is 14.0. The summed E-state index contributed by atoms with van der Waals surface area (Å²) in [6.45, 7) is 16.1. The summed E-state index contributed by atoms with van der Waals surface area (Å²) in [4.78, 5) is 54.2. The zero-order valence-electron chi connectivity index (χ0n) is 25.5. The number of nitrogens with zero attached hydrogens (tertiary/aromatic N) is 1. The molecule has 5 unspecified atom stereocenters. The lowest BCUT2D eigenvalue weighted by atomic mass is 10.0. The Morgan fingerprint density at radius 3 is 2.40 bits per heavy atom. The molecule has 3 amide bonds. The Morgan fingerprint density at radius 2 is 1.80 bits per heavy atom. The highest BCUT2D eigenvalue weighted by Gasteiger charge is 2.61. The number of nitrogens with one attached hydrogen (secondary N) is 2. The second-order valence-corrected chi connectivity index (χ2v) is 18.8. The van der Waals surface area contributed by atoms with E-state index >= 15 is 0 Å². The fourth-order valence-electron chi connectivity index (χ4n) is 5.19. The summed E-state index contributed by atoms with van der Waals surface area (Å²) in [5.41, 5.74) is -2.10. The minimum absolute atomic E-state index is 0.0717. The Labute approximate surface area is 239 Å². The van der Waals surface area contributed by atoms with E-state index < -0.39 is 49.5 Å². The predicted octanol–water partition coefficient (Wildman–Crippen LogP) is 4.35. The van der Waals surface area contributed by atoms with Gasteiger partial charge in [0.2, 0.25) is 11.8 Å². The van der Waals surface area contributed by atoms with Gasteiger partial charge in [-0.1, -0.05) is 45.8 Å². The summed E-state index contributed by atoms with van der Waals surface area (Å²) in [6.07, 6.45) is 6.99. The van der Waals surface area contributed by atoms with Gasteiger partial charge >= 0.3 is 12.1 Å².